The molecule has 0 saturated carbocycles. The molecule has 0 rings (SSSR count). The van der Waals surface area contributed by atoms with Gasteiger partial charge in [-0.1, -0.05) is 61.4 Å². The monoisotopic (exact) mass is 250 g/mol. The van der Waals surface area contributed by atoms with Gasteiger partial charge in [0.2, 0.25) is 0 Å². The van der Waals surface area contributed by atoms with Crippen LogP contribution in [0.1, 0.15) is 51.9 Å². The van der Waals surface area contributed by atoms with Crippen molar-refractivity contribution in [1.29, 1.82) is 0 Å². The smallest absolute Gasteiger partial charge is 0.0563 e. The normalized spacial score (nSPS) is 10.6. The Balaban J connectivity index is 2.76. The molecule has 0 aliphatic rings. The summed E-state index contributed by atoms with van der Waals surface area (Å²) in [6, 6.07) is 0. The average molecular weight is 251 g/mol. The van der Waals surface area contributed by atoms with Gasteiger partial charge in [0.15, 0.2) is 0 Å². The largest absolute Gasteiger partial charge is 0.381 e. The van der Waals surface area contributed by atoms with Gasteiger partial charge in [-0.3, -0.25) is 0 Å². The van der Waals surface area contributed by atoms with Crippen molar-refractivity contribution in [3.63, 3.8) is 0 Å². The van der Waals surface area contributed by atoms with Crippen molar-refractivity contribution in [2.45, 2.75) is 51.9 Å². The SMILES string of the molecule is CCCCCCCCCOCCBr. The van der Waals surface area contributed by atoms with Crippen molar-refractivity contribution in [2.24, 2.45) is 0 Å². The van der Waals surface area contributed by atoms with Crippen LogP contribution >= 0.6 is 15.9 Å². The molecule has 0 aromatic carbocycles. The van der Waals surface area contributed by atoms with Gasteiger partial charge in [0.05, 0.1) is 6.61 Å². The number of hydrogen-bond donors (Lipinski definition) is 0. The maximum Gasteiger partial charge on any atom is 0.0563 e. The summed E-state index contributed by atoms with van der Waals surface area (Å²) in [5.41, 5.74) is 0. The van der Waals surface area contributed by atoms with Crippen molar-refractivity contribution < 1.29 is 4.74 Å². The second kappa shape index (κ2) is 12.4. The lowest BCUT2D eigenvalue weighted by molar-refractivity contribution is 0.146. The first kappa shape index (κ1) is 13.4. The summed E-state index contributed by atoms with van der Waals surface area (Å²) in [7, 11) is 0. The van der Waals surface area contributed by atoms with Crippen molar-refractivity contribution in [1.82, 2.24) is 0 Å². The molecule has 0 aliphatic carbocycles. The summed E-state index contributed by atoms with van der Waals surface area (Å²) in [6.45, 7) is 4.06. The van der Waals surface area contributed by atoms with E-state index in [1.165, 1.54) is 44.9 Å². The first-order valence-corrected chi connectivity index (χ1v) is 6.67. The minimum absolute atomic E-state index is 0.857. The van der Waals surface area contributed by atoms with Crippen LogP contribution in [-0.2, 0) is 4.74 Å². The van der Waals surface area contributed by atoms with E-state index in [-0.39, 0.29) is 0 Å². The van der Waals surface area contributed by atoms with Gasteiger partial charge in [0.1, 0.15) is 0 Å². The van der Waals surface area contributed by atoms with Gasteiger partial charge in [-0.15, -0.1) is 0 Å². The fourth-order valence-corrected chi connectivity index (χ4v) is 1.55. The summed E-state index contributed by atoms with van der Waals surface area (Å²) < 4.78 is 5.36. The minimum atomic E-state index is 0.857. The fraction of sp³-hybridized carbons (Fsp3) is 1.00. The Morgan fingerprint density at radius 1 is 0.846 bits per heavy atom. The molecular formula is C11H23BrO. The maximum absolute atomic E-state index is 5.36. The van der Waals surface area contributed by atoms with Gasteiger partial charge in [-0.05, 0) is 6.42 Å². The van der Waals surface area contributed by atoms with E-state index in [0.29, 0.717) is 0 Å². The van der Waals surface area contributed by atoms with Crippen molar-refractivity contribution in [3.8, 4) is 0 Å². The fourth-order valence-electron chi connectivity index (χ4n) is 1.32. The lowest BCUT2D eigenvalue weighted by atomic mass is 10.1. The molecule has 0 aliphatic heterocycles. The zero-order valence-electron chi connectivity index (χ0n) is 8.86. The molecule has 0 fully saturated rings. The van der Waals surface area contributed by atoms with Crippen molar-refractivity contribution >= 4 is 15.9 Å². The minimum Gasteiger partial charge on any atom is -0.381 e. The molecule has 0 radical (unpaired) electrons. The van der Waals surface area contributed by atoms with E-state index < -0.39 is 0 Å². The van der Waals surface area contributed by atoms with Crippen LogP contribution in [0.5, 0.6) is 0 Å². The summed E-state index contributed by atoms with van der Waals surface area (Å²) in [4.78, 5) is 0. The highest BCUT2D eigenvalue weighted by Gasteiger charge is 1.90. The van der Waals surface area contributed by atoms with E-state index >= 15 is 0 Å². The number of alkyl halides is 1. The predicted octanol–water partition coefficient (Wildman–Crippen LogP) is 4.15. The number of hydrogen-bond acceptors (Lipinski definition) is 1. The van der Waals surface area contributed by atoms with Crippen LogP contribution in [-0.4, -0.2) is 18.5 Å². The Morgan fingerprint density at radius 2 is 1.46 bits per heavy atom. The highest BCUT2D eigenvalue weighted by Crippen LogP contribution is 2.06. The van der Waals surface area contributed by atoms with Crippen LogP contribution in [0.4, 0.5) is 0 Å². The number of ether oxygens (including phenoxy) is 1. The van der Waals surface area contributed by atoms with Crippen LogP contribution in [0.25, 0.3) is 0 Å². The molecule has 0 saturated heterocycles. The second-order valence-electron chi connectivity index (χ2n) is 3.42. The quantitative estimate of drug-likeness (QED) is 0.418. The predicted molar refractivity (Wildman–Crippen MR) is 62.6 cm³/mol. The van der Waals surface area contributed by atoms with Crippen LogP contribution < -0.4 is 0 Å². The average Bonchev–Trinajstić information content (AvgIpc) is 2.16. The molecule has 0 aromatic heterocycles. The molecule has 0 atom stereocenters. The van der Waals surface area contributed by atoms with Crippen LogP contribution in [0.2, 0.25) is 0 Å². The Kier molecular flexibility index (Phi) is 12.9. The molecule has 1 nitrogen and oxygen atoms in total. The van der Waals surface area contributed by atoms with E-state index in [4.69, 9.17) is 4.74 Å². The van der Waals surface area contributed by atoms with Gasteiger partial charge in [-0.2, -0.15) is 0 Å². The highest BCUT2D eigenvalue weighted by molar-refractivity contribution is 9.09. The van der Waals surface area contributed by atoms with Crippen LogP contribution in [0.15, 0.2) is 0 Å². The van der Waals surface area contributed by atoms with Gasteiger partial charge >= 0.3 is 0 Å². The van der Waals surface area contributed by atoms with Crippen LogP contribution in [0, 0.1) is 0 Å². The van der Waals surface area contributed by atoms with Crippen molar-refractivity contribution in [3.05, 3.63) is 0 Å². The van der Waals surface area contributed by atoms with Gasteiger partial charge in [0, 0.05) is 11.9 Å². The summed E-state index contributed by atoms with van der Waals surface area (Å²) >= 11 is 3.34. The second-order valence-corrected chi connectivity index (χ2v) is 4.22. The number of rotatable bonds is 10. The Bertz CT molecular complexity index is 76.2. The van der Waals surface area contributed by atoms with Gasteiger partial charge in [-0.25, -0.2) is 0 Å². The molecule has 0 heterocycles. The molecule has 0 bridgehead atoms. The van der Waals surface area contributed by atoms with Crippen LogP contribution in [0.3, 0.4) is 0 Å². The van der Waals surface area contributed by atoms with E-state index in [2.05, 4.69) is 22.9 Å². The Morgan fingerprint density at radius 3 is 2.08 bits per heavy atom. The molecule has 0 aromatic rings. The molecular weight excluding hydrogens is 228 g/mol. The maximum atomic E-state index is 5.36. The van der Waals surface area contributed by atoms with Gasteiger partial charge < -0.3 is 4.74 Å². The van der Waals surface area contributed by atoms with E-state index in [9.17, 15) is 0 Å². The lowest BCUT2D eigenvalue weighted by Gasteiger charge is -2.02. The summed E-state index contributed by atoms with van der Waals surface area (Å²) in [5, 5.41) is 0.962. The summed E-state index contributed by atoms with van der Waals surface area (Å²) in [6.07, 6.45) is 9.53. The zero-order valence-corrected chi connectivity index (χ0v) is 10.4. The molecule has 0 amide bonds. The third-order valence-electron chi connectivity index (χ3n) is 2.11. The topological polar surface area (TPSA) is 9.23 Å². The molecule has 13 heavy (non-hydrogen) atoms. The summed E-state index contributed by atoms with van der Waals surface area (Å²) in [5.74, 6) is 0. The Hall–Kier alpha value is 0.440. The number of halogens is 1. The molecule has 0 N–H and O–H groups in total. The van der Waals surface area contributed by atoms with E-state index in [1.54, 1.807) is 0 Å². The van der Waals surface area contributed by atoms with Gasteiger partial charge in [0.25, 0.3) is 0 Å². The third-order valence-corrected chi connectivity index (χ3v) is 2.44. The zero-order chi connectivity index (χ0) is 9.78. The lowest BCUT2D eigenvalue weighted by Crippen LogP contribution is -1.97. The molecule has 0 unspecified atom stereocenters. The van der Waals surface area contributed by atoms with E-state index in [0.717, 1.165) is 18.5 Å². The first-order valence-electron chi connectivity index (χ1n) is 5.55. The van der Waals surface area contributed by atoms with E-state index in [1.807, 2.05) is 0 Å². The molecule has 80 valence electrons. The van der Waals surface area contributed by atoms with Crippen molar-refractivity contribution in [2.75, 3.05) is 18.5 Å². The molecule has 0 spiro atoms. The first-order chi connectivity index (χ1) is 6.41. The molecule has 2 heteroatoms. The Labute approximate surface area is 91.4 Å². The third kappa shape index (κ3) is 12.4. The highest BCUT2D eigenvalue weighted by atomic mass is 79.9. The number of unbranched alkanes of at least 4 members (excludes halogenated alkanes) is 6. The standard InChI is InChI=1S/C11H23BrO/c1-2-3-4-5-6-7-8-10-13-11-9-12/h2-11H2,1H3.